The molecule has 2 rings (SSSR count). The molecule has 1 amide bonds. The quantitative estimate of drug-likeness (QED) is 0.725. The Morgan fingerprint density at radius 2 is 2.09 bits per heavy atom. The second kappa shape index (κ2) is 9.07. The third kappa shape index (κ3) is 5.50. The molecule has 122 valence electrons. The van der Waals surface area contributed by atoms with Crippen molar-refractivity contribution in [2.75, 3.05) is 25.6 Å². The highest BCUT2D eigenvalue weighted by atomic mass is 35.5. The van der Waals surface area contributed by atoms with Gasteiger partial charge in [-0.15, -0.1) is 0 Å². The van der Waals surface area contributed by atoms with Gasteiger partial charge in [0.15, 0.2) is 0 Å². The Labute approximate surface area is 140 Å². The first-order valence-electron chi connectivity index (χ1n) is 7.27. The number of nitrogens with one attached hydrogen (secondary N) is 2. The van der Waals surface area contributed by atoms with Crippen molar-refractivity contribution in [3.8, 4) is 0 Å². The van der Waals surface area contributed by atoms with Crippen molar-refractivity contribution in [3.05, 3.63) is 52.9 Å². The first-order valence-corrected chi connectivity index (χ1v) is 7.65. The lowest BCUT2D eigenvalue weighted by Crippen LogP contribution is -2.26. The van der Waals surface area contributed by atoms with Gasteiger partial charge in [-0.2, -0.15) is 0 Å². The largest absolute Gasteiger partial charge is 0.385 e. The van der Waals surface area contributed by atoms with Crippen molar-refractivity contribution in [3.63, 3.8) is 0 Å². The molecule has 0 fully saturated rings. The van der Waals surface area contributed by atoms with E-state index in [-0.39, 0.29) is 11.6 Å². The van der Waals surface area contributed by atoms with Crippen LogP contribution >= 0.6 is 11.6 Å². The average Bonchev–Trinajstić information content (AvgIpc) is 2.58. The number of halogens is 1. The molecule has 0 aliphatic carbocycles. The van der Waals surface area contributed by atoms with Crippen molar-refractivity contribution >= 4 is 23.3 Å². The average molecular weight is 335 g/mol. The van der Waals surface area contributed by atoms with E-state index >= 15 is 0 Å². The van der Waals surface area contributed by atoms with Gasteiger partial charge in [0, 0.05) is 31.8 Å². The highest BCUT2D eigenvalue weighted by molar-refractivity contribution is 6.31. The SMILES string of the molecule is COCCCNC(=O)c1cnc(NCc2ccccc2Cl)cn1. The first kappa shape index (κ1) is 17.2. The Hall–Kier alpha value is -2.18. The van der Waals surface area contributed by atoms with Crippen LogP contribution in [0.5, 0.6) is 0 Å². The van der Waals surface area contributed by atoms with Gasteiger partial charge in [-0.1, -0.05) is 29.8 Å². The predicted octanol–water partition coefficient (Wildman–Crippen LogP) is 2.51. The standard InChI is InChI=1S/C16H19ClN4O2/c1-23-8-4-7-18-16(22)14-10-21-15(11-19-14)20-9-12-5-2-3-6-13(12)17/h2-3,5-6,10-11H,4,7-9H2,1H3,(H,18,22)(H,20,21). The van der Waals surface area contributed by atoms with Crippen LogP contribution in [0.4, 0.5) is 5.82 Å². The van der Waals surface area contributed by atoms with Crippen LogP contribution in [-0.2, 0) is 11.3 Å². The van der Waals surface area contributed by atoms with Crippen molar-refractivity contribution < 1.29 is 9.53 Å². The van der Waals surface area contributed by atoms with Crippen molar-refractivity contribution in [2.45, 2.75) is 13.0 Å². The maximum atomic E-state index is 11.9. The van der Waals surface area contributed by atoms with E-state index < -0.39 is 0 Å². The van der Waals surface area contributed by atoms with Gasteiger partial charge in [-0.05, 0) is 18.1 Å². The molecule has 23 heavy (non-hydrogen) atoms. The number of hydrogen-bond acceptors (Lipinski definition) is 5. The number of hydrogen-bond donors (Lipinski definition) is 2. The van der Waals surface area contributed by atoms with Gasteiger partial charge in [-0.3, -0.25) is 4.79 Å². The zero-order valence-corrected chi connectivity index (χ0v) is 13.6. The van der Waals surface area contributed by atoms with Gasteiger partial charge in [0.25, 0.3) is 5.91 Å². The summed E-state index contributed by atoms with van der Waals surface area (Å²) in [6.45, 7) is 1.69. The number of rotatable bonds is 8. The third-order valence-corrected chi connectivity index (χ3v) is 3.48. The number of carbonyl (C=O) groups excluding carboxylic acids is 1. The smallest absolute Gasteiger partial charge is 0.271 e. The number of ether oxygens (including phenoxy) is 1. The zero-order chi connectivity index (χ0) is 16.5. The Bertz CT molecular complexity index is 634. The maximum absolute atomic E-state index is 11.9. The van der Waals surface area contributed by atoms with Gasteiger partial charge in [0.2, 0.25) is 0 Å². The van der Waals surface area contributed by atoms with Crippen LogP contribution in [0.1, 0.15) is 22.5 Å². The molecule has 1 heterocycles. The van der Waals surface area contributed by atoms with Crippen LogP contribution in [0.2, 0.25) is 5.02 Å². The number of benzene rings is 1. The monoisotopic (exact) mass is 334 g/mol. The summed E-state index contributed by atoms with van der Waals surface area (Å²) in [5.41, 5.74) is 1.25. The molecule has 0 saturated carbocycles. The predicted molar refractivity (Wildman–Crippen MR) is 89.6 cm³/mol. The lowest BCUT2D eigenvalue weighted by atomic mass is 10.2. The summed E-state index contributed by atoms with van der Waals surface area (Å²) in [7, 11) is 1.63. The normalized spacial score (nSPS) is 10.3. The molecule has 7 heteroatoms. The van der Waals surface area contributed by atoms with Gasteiger partial charge >= 0.3 is 0 Å². The van der Waals surface area contributed by atoms with E-state index in [9.17, 15) is 4.79 Å². The Morgan fingerprint density at radius 1 is 1.26 bits per heavy atom. The van der Waals surface area contributed by atoms with Crippen LogP contribution in [0.3, 0.4) is 0 Å². The van der Waals surface area contributed by atoms with E-state index in [1.165, 1.54) is 12.4 Å². The van der Waals surface area contributed by atoms with E-state index in [0.717, 1.165) is 12.0 Å². The molecule has 1 aromatic heterocycles. The van der Waals surface area contributed by atoms with E-state index in [2.05, 4.69) is 20.6 Å². The number of nitrogens with zero attached hydrogens (tertiary/aromatic N) is 2. The molecule has 2 N–H and O–H groups in total. The Balaban J connectivity index is 1.84. The van der Waals surface area contributed by atoms with Crippen LogP contribution in [-0.4, -0.2) is 36.1 Å². The number of anilines is 1. The van der Waals surface area contributed by atoms with Gasteiger partial charge in [0.1, 0.15) is 11.5 Å². The maximum Gasteiger partial charge on any atom is 0.271 e. The number of methoxy groups -OCH3 is 1. The molecular formula is C16H19ClN4O2. The summed E-state index contributed by atoms with van der Waals surface area (Å²) < 4.78 is 4.92. The molecule has 0 aliphatic rings. The molecule has 6 nitrogen and oxygen atoms in total. The minimum Gasteiger partial charge on any atom is -0.385 e. The highest BCUT2D eigenvalue weighted by Gasteiger charge is 2.07. The van der Waals surface area contributed by atoms with Crippen LogP contribution in [0.15, 0.2) is 36.7 Å². The van der Waals surface area contributed by atoms with E-state index in [0.29, 0.717) is 30.5 Å². The fourth-order valence-corrected chi connectivity index (χ4v) is 2.08. The minimum absolute atomic E-state index is 0.244. The highest BCUT2D eigenvalue weighted by Crippen LogP contribution is 2.16. The molecule has 0 aliphatic heterocycles. The Morgan fingerprint density at radius 3 is 2.78 bits per heavy atom. The van der Waals surface area contributed by atoms with Gasteiger partial charge in [0.05, 0.1) is 12.4 Å². The molecule has 0 radical (unpaired) electrons. The summed E-state index contributed by atoms with van der Waals surface area (Å²) >= 11 is 6.09. The van der Waals surface area contributed by atoms with Crippen molar-refractivity contribution in [1.82, 2.24) is 15.3 Å². The fraction of sp³-hybridized carbons (Fsp3) is 0.312. The second-order valence-electron chi connectivity index (χ2n) is 4.83. The molecule has 0 atom stereocenters. The Kier molecular flexibility index (Phi) is 6.77. The topological polar surface area (TPSA) is 76.1 Å². The molecule has 0 saturated heterocycles. The summed E-state index contributed by atoms with van der Waals surface area (Å²) in [6.07, 6.45) is 3.73. The summed E-state index contributed by atoms with van der Waals surface area (Å²) in [5, 5.41) is 6.58. The summed E-state index contributed by atoms with van der Waals surface area (Å²) in [4.78, 5) is 20.1. The molecule has 2 aromatic rings. The lowest BCUT2D eigenvalue weighted by Gasteiger charge is -2.08. The van der Waals surface area contributed by atoms with E-state index in [4.69, 9.17) is 16.3 Å². The number of amides is 1. The third-order valence-electron chi connectivity index (χ3n) is 3.11. The van der Waals surface area contributed by atoms with E-state index in [1.54, 1.807) is 7.11 Å². The molecular weight excluding hydrogens is 316 g/mol. The van der Waals surface area contributed by atoms with Crippen molar-refractivity contribution in [2.24, 2.45) is 0 Å². The molecule has 1 aromatic carbocycles. The van der Waals surface area contributed by atoms with Crippen LogP contribution < -0.4 is 10.6 Å². The molecule has 0 bridgehead atoms. The number of aromatic nitrogens is 2. The lowest BCUT2D eigenvalue weighted by molar-refractivity contribution is 0.0943. The minimum atomic E-state index is -0.244. The van der Waals surface area contributed by atoms with Gasteiger partial charge < -0.3 is 15.4 Å². The summed E-state index contributed by atoms with van der Waals surface area (Å²) in [5.74, 6) is 0.340. The molecule has 0 unspecified atom stereocenters. The number of carbonyl (C=O) groups is 1. The second-order valence-corrected chi connectivity index (χ2v) is 5.24. The van der Waals surface area contributed by atoms with Crippen molar-refractivity contribution in [1.29, 1.82) is 0 Å². The summed E-state index contributed by atoms with van der Waals surface area (Å²) in [6, 6.07) is 7.57. The fourth-order valence-electron chi connectivity index (χ4n) is 1.87. The van der Waals surface area contributed by atoms with Gasteiger partial charge in [-0.25, -0.2) is 9.97 Å². The molecule has 0 spiro atoms. The van der Waals surface area contributed by atoms with Crippen LogP contribution in [0.25, 0.3) is 0 Å². The van der Waals surface area contributed by atoms with E-state index in [1.807, 2.05) is 24.3 Å². The van der Waals surface area contributed by atoms with Crippen LogP contribution in [0, 0.1) is 0 Å². The first-order chi connectivity index (χ1) is 11.2. The zero-order valence-electron chi connectivity index (χ0n) is 12.9.